The smallest absolute Gasteiger partial charge is 0.223 e. The third kappa shape index (κ3) is 5.99. The number of hydrogen-bond acceptors (Lipinski definition) is 3. The number of methoxy groups -OCH3 is 2. The zero-order chi connectivity index (χ0) is 20.5. The minimum absolute atomic E-state index is 0.192. The zero-order valence-electron chi connectivity index (χ0n) is 17.7. The number of aryl methyl sites for hydroxylation is 1. The molecule has 1 saturated heterocycles. The van der Waals surface area contributed by atoms with Crippen LogP contribution >= 0.6 is 0 Å². The Morgan fingerprint density at radius 2 is 1.55 bits per heavy atom. The molecule has 1 atom stereocenters. The summed E-state index contributed by atoms with van der Waals surface area (Å²) in [5.41, 5.74) is 2.52. The predicted octanol–water partition coefficient (Wildman–Crippen LogP) is 5.56. The van der Waals surface area contributed by atoms with Crippen LogP contribution in [0, 0.1) is 0 Å². The fourth-order valence-electron chi connectivity index (χ4n) is 4.12. The summed E-state index contributed by atoms with van der Waals surface area (Å²) < 4.78 is 10.5. The number of carbonyl (C=O) groups is 1. The Kier molecular flexibility index (Phi) is 7.97. The molecule has 0 saturated carbocycles. The minimum Gasteiger partial charge on any atom is -0.497 e. The highest BCUT2D eigenvalue weighted by Crippen LogP contribution is 2.32. The van der Waals surface area contributed by atoms with Gasteiger partial charge in [0.2, 0.25) is 5.91 Å². The van der Waals surface area contributed by atoms with E-state index in [2.05, 4.69) is 29.2 Å². The number of amides is 1. The molecular formula is C25H33NO3. The van der Waals surface area contributed by atoms with E-state index in [1.54, 1.807) is 14.2 Å². The molecule has 3 rings (SSSR count). The van der Waals surface area contributed by atoms with Crippen LogP contribution in [-0.4, -0.2) is 31.6 Å². The van der Waals surface area contributed by atoms with E-state index >= 15 is 0 Å². The maximum atomic E-state index is 13.0. The van der Waals surface area contributed by atoms with Crippen molar-refractivity contribution in [3.8, 4) is 11.5 Å². The van der Waals surface area contributed by atoms with Gasteiger partial charge >= 0.3 is 0 Å². The van der Waals surface area contributed by atoms with Gasteiger partial charge in [-0.3, -0.25) is 4.79 Å². The Hall–Kier alpha value is -2.49. The number of likely N-dealkylation sites (tertiary alicyclic amines) is 1. The van der Waals surface area contributed by atoms with Gasteiger partial charge in [-0.1, -0.05) is 37.1 Å². The first-order valence-electron chi connectivity index (χ1n) is 10.8. The van der Waals surface area contributed by atoms with Crippen LogP contribution in [0.2, 0.25) is 0 Å². The monoisotopic (exact) mass is 395 g/mol. The van der Waals surface area contributed by atoms with Crippen molar-refractivity contribution in [1.82, 2.24) is 4.90 Å². The zero-order valence-corrected chi connectivity index (χ0v) is 17.7. The second-order valence-corrected chi connectivity index (χ2v) is 7.78. The van der Waals surface area contributed by atoms with Crippen LogP contribution in [0.4, 0.5) is 0 Å². The number of carbonyl (C=O) groups excluding carboxylic acids is 1. The lowest BCUT2D eigenvalue weighted by Crippen LogP contribution is -2.34. The predicted molar refractivity (Wildman–Crippen MR) is 116 cm³/mol. The molecule has 4 heteroatoms. The molecule has 1 heterocycles. The van der Waals surface area contributed by atoms with E-state index in [-0.39, 0.29) is 6.04 Å². The SMILES string of the molecule is COc1ccc(CCCCC(=O)N2CCCCCC2c2ccc(OC)cc2)cc1. The van der Waals surface area contributed by atoms with Gasteiger partial charge in [-0.25, -0.2) is 0 Å². The highest BCUT2D eigenvalue weighted by atomic mass is 16.5. The molecule has 29 heavy (non-hydrogen) atoms. The normalized spacial score (nSPS) is 16.9. The Morgan fingerprint density at radius 1 is 0.897 bits per heavy atom. The Labute approximate surface area is 174 Å². The van der Waals surface area contributed by atoms with Crippen LogP contribution in [0.25, 0.3) is 0 Å². The van der Waals surface area contributed by atoms with Gasteiger partial charge < -0.3 is 14.4 Å². The molecule has 0 spiro atoms. The minimum atomic E-state index is 0.192. The van der Waals surface area contributed by atoms with Crippen molar-refractivity contribution in [3.63, 3.8) is 0 Å². The first kappa shape index (κ1) is 21.2. The van der Waals surface area contributed by atoms with Crippen LogP contribution in [-0.2, 0) is 11.2 Å². The quantitative estimate of drug-likeness (QED) is 0.549. The molecule has 156 valence electrons. The van der Waals surface area contributed by atoms with Gasteiger partial charge in [-0.05, 0) is 67.5 Å². The van der Waals surface area contributed by atoms with E-state index < -0.39 is 0 Å². The van der Waals surface area contributed by atoms with E-state index in [9.17, 15) is 4.79 Å². The first-order chi connectivity index (χ1) is 14.2. The van der Waals surface area contributed by atoms with Crippen LogP contribution in [0.1, 0.15) is 62.1 Å². The van der Waals surface area contributed by atoms with Crippen molar-refractivity contribution >= 4 is 5.91 Å². The van der Waals surface area contributed by atoms with Gasteiger partial charge in [0.25, 0.3) is 0 Å². The number of benzene rings is 2. The van der Waals surface area contributed by atoms with Crippen molar-refractivity contribution in [2.75, 3.05) is 20.8 Å². The maximum absolute atomic E-state index is 13.0. The molecule has 0 N–H and O–H groups in total. The molecule has 1 aliphatic heterocycles. The summed E-state index contributed by atoms with van der Waals surface area (Å²) in [6.45, 7) is 0.869. The van der Waals surface area contributed by atoms with Crippen molar-refractivity contribution in [2.24, 2.45) is 0 Å². The average molecular weight is 396 g/mol. The van der Waals surface area contributed by atoms with E-state index in [0.717, 1.165) is 50.1 Å². The standard InChI is InChI=1S/C25H33NO3/c1-28-22-15-11-20(12-16-22)8-5-6-10-25(27)26-19-7-3-4-9-24(26)21-13-17-23(29-2)18-14-21/h11-18,24H,3-10,19H2,1-2H3. The Balaban J connectivity index is 1.54. The van der Waals surface area contributed by atoms with Crippen LogP contribution < -0.4 is 9.47 Å². The Bertz CT molecular complexity index is 755. The third-order valence-electron chi connectivity index (χ3n) is 5.84. The number of unbranched alkanes of at least 4 members (excludes halogenated alkanes) is 1. The molecule has 0 aliphatic carbocycles. The fourth-order valence-corrected chi connectivity index (χ4v) is 4.12. The number of ether oxygens (including phenoxy) is 2. The summed E-state index contributed by atoms with van der Waals surface area (Å²) in [5, 5.41) is 0. The summed E-state index contributed by atoms with van der Waals surface area (Å²) in [4.78, 5) is 15.2. The highest BCUT2D eigenvalue weighted by Gasteiger charge is 2.26. The maximum Gasteiger partial charge on any atom is 0.223 e. The van der Waals surface area contributed by atoms with Crippen LogP contribution in [0.3, 0.4) is 0 Å². The van der Waals surface area contributed by atoms with Crippen molar-refractivity contribution in [3.05, 3.63) is 59.7 Å². The van der Waals surface area contributed by atoms with E-state index in [1.165, 1.54) is 24.0 Å². The summed E-state index contributed by atoms with van der Waals surface area (Å²) in [5.74, 6) is 2.04. The first-order valence-corrected chi connectivity index (χ1v) is 10.8. The molecule has 0 aromatic heterocycles. The van der Waals surface area contributed by atoms with Gasteiger partial charge in [0.1, 0.15) is 11.5 Å². The summed E-state index contributed by atoms with van der Waals surface area (Å²) in [6.07, 6.45) is 8.11. The molecule has 1 amide bonds. The number of nitrogens with zero attached hydrogens (tertiary/aromatic N) is 1. The topological polar surface area (TPSA) is 38.8 Å². The third-order valence-corrected chi connectivity index (χ3v) is 5.84. The Morgan fingerprint density at radius 3 is 2.21 bits per heavy atom. The summed E-state index contributed by atoms with van der Waals surface area (Å²) >= 11 is 0. The molecule has 0 bridgehead atoms. The molecule has 1 fully saturated rings. The van der Waals surface area contributed by atoms with Gasteiger partial charge in [-0.2, -0.15) is 0 Å². The van der Waals surface area contributed by atoms with Crippen molar-refractivity contribution in [2.45, 2.75) is 57.4 Å². The highest BCUT2D eigenvalue weighted by molar-refractivity contribution is 5.76. The average Bonchev–Trinajstić information content (AvgIpc) is 3.03. The largest absolute Gasteiger partial charge is 0.497 e. The van der Waals surface area contributed by atoms with Gasteiger partial charge in [0, 0.05) is 13.0 Å². The van der Waals surface area contributed by atoms with Gasteiger partial charge in [0.05, 0.1) is 20.3 Å². The molecule has 1 aliphatic rings. The van der Waals surface area contributed by atoms with Crippen molar-refractivity contribution < 1.29 is 14.3 Å². The van der Waals surface area contributed by atoms with E-state index in [0.29, 0.717) is 12.3 Å². The number of rotatable bonds is 8. The second-order valence-electron chi connectivity index (χ2n) is 7.78. The lowest BCUT2D eigenvalue weighted by atomic mass is 10.00. The van der Waals surface area contributed by atoms with Gasteiger partial charge in [-0.15, -0.1) is 0 Å². The van der Waals surface area contributed by atoms with E-state index in [1.807, 2.05) is 24.3 Å². The fraction of sp³-hybridized carbons (Fsp3) is 0.480. The van der Waals surface area contributed by atoms with Crippen LogP contribution in [0.5, 0.6) is 11.5 Å². The summed E-state index contributed by atoms with van der Waals surface area (Å²) in [6, 6.07) is 16.6. The molecule has 2 aromatic carbocycles. The molecule has 1 unspecified atom stereocenters. The molecule has 2 aromatic rings. The molecular weight excluding hydrogens is 362 g/mol. The lowest BCUT2D eigenvalue weighted by molar-refractivity contribution is -0.133. The lowest BCUT2D eigenvalue weighted by Gasteiger charge is -2.31. The van der Waals surface area contributed by atoms with Crippen molar-refractivity contribution in [1.29, 1.82) is 0 Å². The van der Waals surface area contributed by atoms with Crippen LogP contribution in [0.15, 0.2) is 48.5 Å². The second kappa shape index (κ2) is 10.9. The van der Waals surface area contributed by atoms with Gasteiger partial charge in [0.15, 0.2) is 0 Å². The number of hydrogen-bond donors (Lipinski definition) is 0. The molecule has 4 nitrogen and oxygen atoms in total. The molecule has 0 radical (unpaired) electrons. The summed E-state index contributed by atoms with van der Waals surface area (Å²) in [7, 11) is 3.37. The van der Waals surface area contributed by atoms with E-state index in [4.69, 9.17) is 9.47 Å².